The summed E-state index contributed by atoms with van der Waals surface area (Å²) in [5.74, 6) is -2.94. The minimum absolute atomic E-state index is 0.0552. The molecule has 0 radical (unpaired) electrons. The van der Waals surface area contributed by atoms with E-state index < -0.39 is 35.0 Å². The van der Waals surface area contributed by atoms with Gasteiger partial charge in [-0.05, 0) is 57.6 Å². The number of allylic oxidation sites excluding steroid dienone is 1. The van der Waals surface area contributed by atoms with E-state index in [1.807, 2.05) is 26.0 Å². The van der Waals surface area contributed by atoms with Crippen molar-refractivity contribution in [1.82, 2.24) is 4.90 Å². The summed E-state index contributed by atoms with van der Waals surface area (Å²) in [5.41, 5.74) is -0.809. The number of rotatable bonds is 12. The molecule has 2 unspecified atom stereocenters. The van der Waals surface area contributed by atoms with Crippen molar-refractivity contribution in [3.63, 3.8) is 0 Å². The van der Waals surface area contributed by atoms with Crippen molar-refractivity contribution in [3.05, 3.63) is 54.1 Å². The van der Waals surface area contributed by atoms with Crippen LogP contribution in [0.25, 0.3) is 0 Å². The topological polar surface area (TPSA) is 96.4 Å². The van der Waals surface area contributed by atoms with Crippen LogP contribution in [0.15, 0.2) is 43.5 Å². The number of halogens is 1. The Morgan fingerprint density at radius 2 is 2.05 bits per heavy atom. The molecule has 3 aliphatic rings. The van der Waals surface area contributed by atoms with Crippen molar-refractivity contribution < 1.29 is 29.0 Å². The standard InChI is InChI=1S/C29H37ClN2O6/c1-5-7-8-9-18-37-27(36)22-21-25(34)32(16-17-33)24(29(21)14-13-28(22,4)38-29)26(35)31(15-6-2)23-19(3)11-10-12-20(23)30/h5-6,10-12,21-22,24,33H,1-2,7-9,13-18H2,3-4H3/t21-,22-,24?,28+,29?/m0/s1. The van der Waals surface area contributed by atoms with E-state index in [0.717, 1.165) is 18.4 Å². The van der Waals surface area contributed by atoms with Crippen LogP contribution in [0, 0.1) is 18.8 Å². The zero-order valence-corrected chi connectivity index (χ0v) is 22.9. The SMILES string of the molecule is C=CCCCCOC(=O)[C@@H]1[C@H]2C(=O)N(CCO)C(C(=O)N(CC=C)c3c(C)cccc3Cl)C23CC[C@@]1(C)O3. The predicted molar refractivity (Wildman–Crippen MR) is 145 cm³/mol. The number of fused-ring (bicyclic) bond motifs is 1. The van der Waals surface area contributed by atoms with Gasteiger partial charge in [-0.15, -0.1) is 13.2 Å². The van der Waals surface area contributed by atoms with Gasteiger partial charge in [0, 0.05) is 13.1 Å². The Morgan fingerprint density at radius 1 is 1.29 bits per heavy atom. The lowest BCUT2D eigenvalue weighted by Gasteiger charge is -2.37. The van der Waals surface area contributed by atoms with Gasteiger partial charge in [0.2, 0.25) is 5.91 Å². The number of hydrogen-bond acceptors (Lipinski definition) is 6. The Hall–Kier alpha value is -2.68. The summed E-state index contributed by atoms with van der Waals surface area (Å²) in [5, 5.41) is 10.2. The molecule has 3 heterocycles. The number of benzene rings is 1. The lowest BCUT2D eigenvalue weighted by Crippen LogP contribution is -2.57. The summed E-state index contributed by atoms with van der Waals surface area (Å²) >= 11 is 6.55. The van der Waals surface area contributed by atoms with Crippen molar-refractivity contribution in [2.24, 2.45) is 11.8 Å². The number of unbranched alkanes of at least 4 members (excludes halogenated alkanes) is 2. The molecule has 3 aliphatic heterocycles. The minimum Gasteiger partial charge on any atom is -0.465 e. The third-order valence-corrected chi connectivity index (χ3v) is 8.49. The number of carbonyl (C=O) groups excluding carboxylic acids is 3. The molecule has 8 nitrogen and oxygen atoms in total. The van der Waals surface area contributed by atoms with Crippen LogP contribution in [0.5, 0.6) is 0 Å². The highest BCUT2D eigenvalue weighted by atomic mass is 35.5. The van der Waals surface area contributed by atoms with Gasteiger partial charge < -0.3 is 24.4 Å². The molecule has 0 aliphatic carbocycles. The number of aliphatic hydroxyl groups excluding tert-OH is 1. The first-order valence-corrected chi connectivity index (χ1v) is 13.6. The van der Waals surface area contributed by atoms with Gasteiger partial charge in [-0.1, -0.05) is 35.9 Å². The Bertz CT molecular complexity index is 1100. The molecule has 3 saturated heterocycles. The van der Waals surface area contributed by atoms with E-state index in [0.29, 0.717) is 30.0 Å². The molecule has 5 atom stereocenters. The number of amides is 2. The van der Waals surface area contributed by atoms with Crippen LogP contribution >= 0.6 is 11.6 Å². The summed E-state index contributed by atoms with van der Waals surface area (Å²) in [6.07, 6.45) is 6.74. The summed E-state index contributed by atoms with van der Waals surface area (Å²) in [6, 6.07) is 4.34. The number of nitrogens with zero attached hydrogens (tertiary/aromatic N) is 2. The Kier molecular flexibility index (Phi) is 8.35. The van der Waals surface area contributed by atoms with Crippen molar-refractivity contribution >= 4 is 35.1 Å². The second-order valence-electron chi connectivity index (χ2n) is 10.6. The van der Waals surface area contributed by atoms with Gasteiger partial charge in [0.15, 0.2) is 0 Å². The zero-order chi connectivity index (χ0) is 27.7. The third-order valence-electron chi connectivity index (χ3n) is 8.19. The number of aliphatic hydroxyl groups is 1. The predicted octanol–water partition coefficient (Wildman–Crippen LogP) is 3.82. The molecule has 1 aromatic carbocycles. The molecule has 4 rings (SSSR count). The van der Waals surface area contributed by atoms with E-state index in [1.165, 1.54) is 9.80 Å². The average Bonchev–Trinajstić information content (AvgIpc) is 3.44. The van der Waals surface area contributed by atoms with Gasteiger partial charge in [0.25, 0.3) is 5.91 Å². The largest absolute Gasteiger partial charge is 0.465 e. The van der Waals surface area contributed by atoms with Gasteiger partial charge in [-0.2, -0.15) is 0 Å². The van der Waals surface area contributed by atoms with Crippen LogP contribution < -0.4 is 4.90 Å². The summed E-state index contributed by atoms with van der Waals surface area (Å²) < 4.78 is 12.2. The van der Waals surface area contributed by atoms with Crippen LogP contribution in [0.3, 0.4) is 0 Å². The highest BCUT2D eigenvalue weighted by Gasteiger charge is 2.78. The average molecular weight is 545 g/mol. The lowest BCUT2D eigenvalue weighted by atomic mass is 9.66. The lowest BCUT2D eigenvalue weighted by molar-refractivity contribution is -0.159. The summed E-state index contributed by atoms with van der Waals surface area (Å²) in [7, 11) is 0. The van der Waals surface area contributed by atoms with Gasteiger partial charge >= 0.3 is 5.97 Å². The van der Waals surface area contributed by atoms with E-state index in [1.54, 1.807) is 18.2 Å². The highest BCUT2D eigenvalue weighted by Crippen LogP contribution is 2.63. The Labute approximate surface area is 229 Å². The van der Waals surface area contributed by atoms with Gasteiger partial charge in [-0.25, -0.2) is 0 Å². The molecular weight excluding hydrogens is 508 g/mol. The molecule has 1 spiro atoms. The van der Waals surface area contributed by atoms with E-state index >= 15 is 0 Å². The molecule has 1 N–H and O–H groups in total. The number of ether oxygens (including phenoxy) is 2. The van der Waals surface area contributed by atoms with Gasteiger partial charge in [-0.3, -0.25) is 14.4 Å². The second kappa shape index (κ2) is 11.2. The van der Waals surface area contributed by atoms with Gasteiger partial charge in [0.1, 0.15) is 17.6 Å². The maximum atomic E-state index is 14.4. The third kappa shape index (κ3) is 4.56. The molecule has 3 fully saturated rings. The minimum atomic E-state index is -1.21. The Morgan fingerprint density at radius 3 is 2.71 bits per heavy atom. The zero-order valence-electron chi connectivity index (χ0n) is 22.2. The first-order chi connectivity index (χ1) is 18.2. The fourth-order valence-corrected chi connectivity index (χ4v) is 6.92. The first-order valence-electron chi connectivity index (χ1n) is 13.2. The maximum Gasteiger partial charge on any atom is 0.312 e. The number of β-amino-alcohol motifs (C(OH)–C–C–N with tert-alkyl or cyclic N) is 1. The number of aryl methyl sites for hydroxylation is 1. The van der Waals surface area contributed by atoms with Crippen molar-refractivity contribution in [1.29, 1.82) is 0 Å². The number of carbonyl (C=O) groups is 3. The number of likely N-dealkylation sites (tertiary alicyclic amines) is 1. The molecule has 0 aromatic heterocycles. The maximum absolute atomic E-state index is 14.4. The second-order valence-corrected chi connectivity index (χ2v) is 11.0. The van der Waals surface area contributed by atoms with Crippen LogP contribution in [0.1, 0.15) is 44.6 Å². The Balaban J connectivity index is 1.71. The van der Waals surface area contributed by atoms with Crippen molar-refractivity contribution in [2.75, 3.05) is 31.2 Å². The normalized spacial score (nSPS) is 29.3. The summed E-state index contributed by atoms with van der Waals surface area (Å²) in [4.78, 5) is 44.6. The van der Waals surface area contributed by atoms with Crippen molar-refractivity contribution in [2.45, 2.75) is 63.2 Å². The van der Waals surface area contributed by atoms with Crippen LogP contribution in [-0.2, 0) is 23.9 Å². The highest BCUT2D eigenvalue weighted by molar-refractivity contribution is 6.34. The molecule has 0 saturated carbocycles. The number of para-hydroxylation sites is 1. The van der Waals surface area contributed by atoms with E-state index in [4.69, 9.17) is 21.1 Å². The fourth-order valence-electron chi connectivity index (χ4n) is 6.60. The van der Waals surface area contributed by atoms with E-state index in [2.05, 4.69) is 13.2 Å². The molecule has 38 heavy (non-hydrogen) atoms. The number of anilines is 1. The van der Waals surface area contributed by atoms with Gasteiger partial charge in [0.05, 0.1) is 35.4 Å². The van der Waals surface area contributed by atoms with Crippen LogP contribution in [-0.4, -0.2) is 71.3 Å². The van der Waals surface area contributed by atoms with E-state index in [-0.39, 0.29) is 38.1 Å². The molecule has 9 heteroatoms. The number of esters is 1. The molecule has 2 bridgehead atoms. The van der Waals surface area contributed by atoms with E-state index in [9.17, 15) is 19.5 Å². The quantitative estimate of drug-likeness (QED) is 0.244. The molecule has 206 valence electrons. The van der Waals surface area contributed by atoms with Crippen molar-refractivity contribution in [3.8, 4) is 0 Å². The smallest absolute Gasteiger partial charge is 0.312 e. The number of hydrogen-bond donors (Lipinski definition) is 1. The van der Waals surface area contributed by atoms with Crippen LogP contribution in [0.2, 0.25) is 5.02 Å². The summed E-state index contributed by atoms with van der Waals surface area (Å²) in [6.45, 7) is 11.2. The molecule has 2 amide bonds. The fraction of sp³-hybridized carbons (Fsp3) is 0.552. The molecular formula is C29H37ClN2O6. The molecule has 1 aromatic rings. The van der Waals surface area contributed by atoms with Crippen LogP contribution in [0.4, 0.5) is 5.69 Å². The monoisotopic (exact) mass is 544 g/mol. The first kappa shape index (κ1) is 28.3.